The summed E-state index contributed by atoms with van der Waals surface area (Å²) in [5, 5.41) is 0. The van der Waals surface area contributed by atoms with Crippen molar-refractivity contribution in [3.8, 4) is 0 Å². The van der Waals surface area contributed by atoms with Crippen molar-refractivity contribution in [2.24, 2.45) is 0 Å². The molecule has 4 rings (SSSR count). The Labute approximate surface area is 189 Å². The van der Waals surface area contributed by atoms with Gasteiger partial charge in [0.2, 0.25) is 5.91 Å². The summed E-state index contributed by atoms with van der Waals surface area (Å²) < 4.78 is 5.40. The minimum Gasteiger partial charge on any atom is -0.369 e. The standard InChI is InChI=1S/C25H32N4O3/c1-17-20-15-21(30)29(14-12-18-9-6-5-7-10-18)23(20)27-22(26-17)19-11-8-13-28(16-19)24(31)25(2,3)32-4/h5-7,9-10,19H,8,11-16H2,1-4H3/t19-/m1/s1. The number of amides is 2. The normalized spacial score (nSPS) is 18.8. The van der Waals surface area contributed by atoms with E-state index in [-0.39, 0.29) is 17.7 Å². The van der Waals surface area contributed by atoms with E-state index in [0.717, 1.165) is 42.2 Å². The Bertz CT molecular complexity index is 1010. The molecule has 170 valence electrons. The fraction of sp³-hybridized carbons (Fsp3) is 0.520. The molecule has 1 aromatic carbocycles. The average Bonchev–Trinajstić information content (AvgIpc) is 3.13. The van der Waals surface area contributed by atoms with Gasteiger partial charge in [-0.3, -0.25) is 14.5 Å². The highest BCUT2D eigenvalue weighted by atomic mass is 16.5. The second-order valence-electron chi connectivity index (χ2n) is 9.23. The van der Waals surface area contributed by atoms with Crippen LogP contribution >= 0.6 is 0 Å². The van der Waals surface area contributed by atoms with Crippen molar-refractivity contribution in [2.75, 3.05) is 31.6 Å². The van der Waals surface area contributed by atoms with Crippen LogP contribution in [0.4, 0.5) is 5.82 Å². The van der Waals surface area contributed by atoms with Crippen molar-refractivity contribution in [3.05, 3.63) is 53.0 Å². The van der Waals surface area contributed by atoms with Gasteiger partial charge in [-0.15, -0.1) is 0 Å². The van der Waals surface area contributed by atoms with Crippen LogP contribution in [0.15, 0.2) is 30.3 Å². The van der Waals surface area contributed by atoms with Gasteiger partial charge in [-0.05, 0) is 45.6 Å². The lowest BCUT2D eigenvalue weighted by Gasteiger charge is -2.36. The van der Waals surface area contributed by atoms with E-state index in [9.17, 15) is 9.59 Å². The molecule has 7 nitrogen and oxygen atoms in total. The monoisotopic (exact) mass is 436 g/mol. The molecule has 2 aliphatic heterocycles. The van der Waals surface area contributed by atoms with Crippen LogP contribution in [0.5, 0.6) is 0 Å². The first-order valence-electron chi connectivity index (χ1n) is 11.4. The lowest BCUT2D eigenvalue weighted by Crippen LogP contribution is -2.49. The lowest BCUT2D eigenvalue weighted by molar-refractivity contribution is -0.152. The fourth-order valence-electron chi connectivity index (χ4n) is 4.54. The smallest absolute Gasteiger partial charge is 0.254 e. The molecule has 0 bridgehead atoms. The second kappa shape index (κ2) is 8.98. The quantitative estimate of drug-likeness (QED) is 0.696. The summed E-state index contributed by atoms with van der Waals surface area (Å²) in [7, 11) is 1.56. The zero-order chi connectivity index (χ0) is 22.9. The number of ether oxygens (including phenoxy) is 1. The summed E-state index contributed by atoms with van der Waals surface area (Å²) in [6.07, 6.45) is 2.95. The summed E-state index contributed by atoms with van der Waals surface area (Å²) >= 11 is 0. The van der Waals surface area contributed by atoms with Crippen LogP contribution in [-0.4, -0.2) is 59.0 Å². The molecule has 1 atom stereocenters. The van der Waals surface area contributed by atoms with Crippen LogP contribution in [0.25, 0.3) is 0 Å². The van der Waals surface area contributed by atoms with E-state index in [1.807, 2.05) is 30.0 Å². The third-order valence-corrected chi connectivity index (χ3v) is 6.66. The third kappa shape index (κ3) is 4.39. The molecule has 0 radical (unpaired) electrons. The minimum absolute atomic E-state index is 0.0118. The molecule has 2 amide bonds. The maximum Gasteiger partial charge on any atom is 0.254 e. The van der Waals surface area contributed by atoms with E-state index in [1.165, 1.54) is 5.56 Å². The first-order chi connectivity index (χ1) is 15.3. The first-order valence-corrected chi connectivity index (χ1v) is 11.4. The number of carbonyl (C=O) groups excluding carboxylic acids is 2. The van der Waals surface area contributed by atoms with Gasteiger partial charge >= 0.3 is 0 Å². The topological polar surface area (TPSA) is 75.6 Å². The molecule has 1 fully saturated rings. The van der Waals surface area contributed by atoms with Crippen LogP contribution in [0.1, 0.15) is 55.3 Å². The lowest BCUT2D eigenvalue weighted by atomic mass is 9.95. The SMILES string of the molecule is COC(C)(C)C(=O)N1CCC[C@@H](c2nc(C)c3c(n2)N(CCc2ccccc2)C(=O)C3)C1. The number of aryl methyl sites for hydroxylation is 1. The Morgan fingerprint density at radius 1 is 1.22 bits per heavy atom. The largest absolute Gasteiger partial charge is 0.369 e. The van der Waals surface area contributed by atoms with E-state index in [2.05, 4.69) is 12.1 Å². The van der Waals surface area contributed by atoms with Gasteiger partial charge in [0, 0.05) is 43.9 Å². The maximum atomic E-state index is 12.9. The van der Waals surface area contributed by atoms with E-state index >= 15 is 0 Å². The summed E-state index contributed by atoms with van der Waals surface area (Å²) in [5.41, 5.74) is 2.14. The molecule has 0 spiro atoms. The number of hydrogen-bond acceptors (Lipinski definition) is 5. The van der Waals surface area contributed by atoms with Crippen molar-refractivity contribution in [1.29, 1.82) is 0 Å². The van der Waals surface area contributed by atoms with E-state index in [4.69, 9.17) is 14.7 Å². The Balaban J connectivity index is 1.55. The maximum absolute atomic E-state index is 12.9. The molecule has 0 saturated carbocycles. The van der Waals surface area contributed by atoms with Crippen molar-refractivity contribution < 1.29 is 14.3 Å². The Kier molecular flexibility index (Phi) is 6.29. The Morgan fingerprint density at radius 3 is 2.69 bits per heavy atom. The van der Waals surface area contributed by atoms with Crippen molar-refractivity contribution >= 4 is 17.6 Å². The minimum atomic E-state index is -0.850. The van der Waals surface area contributed by atoms with Gasteiger partial charge in [0.05, 0.1) is 6.42 Å². The third-order valence-electron chi connectivity index (χ3n) is 6.66. The van der Waals surface area contributed by atoms with Crippen LogP contribution in [-0.2, 0) is 27.2 Å². The van der Waals surface area contributed by atoms with Crippen LogP contribution in [0, 0.1) is 6.92 Å². The number of piperidine rings is 1. The number of fused-ring (bicyclic) bond motifs is 1. The predicted octanol–water partition coefficient (Wildman–Crippen LogP) is 3.05. The molecule has 32 heavy (non-hydrogen) atoms. The van der Waals surface area contributed by atoms with Crippen LogP contribution in [0.2, 0.25) is 0 Å². The van der Waals surface area contributed by atoms with Crippen molar-refractivity contribution in [1.82, 2.24) is 14.9 Å². The van der Waals surface area contributed by atoms with Crippen LogP contribution in [0.3, 0.4) is 0 Å². The molecule has 1 saturated heterocycles. The first kappa shape index (κ1) is 22.4. The highest BCUT2D eigenvalue weighted by molar-refractivity contribution is 6.00. The Hall–Kier alpha value is -2.80. The molecule has 2 aromatic rings. The molecule has 3 heterocycles. The number of rotatable bonds is 6. The zero-order valence-electron chi connectivity index (χ0n) is 19.4. The number of anilines is 1. The molecule has 7 heteroatoms. The van der Waals surface area contributed by atoms with Crippen molar-refractivity contribution in [2.45, 2.75) is 58.0 Å². The molecule has 0 aliphatic carbocycles. The number of likely N-dealkylation sites (tertiary alicyclic amines) is 1. The van der Waals surface area contributed by atoms with Gasteiger partial charge in [0.25, 0.3) is 5.91 Å². The zero-order valence-corrected chi connectivity index (χ0v) is 19.4. The Morgan fingerprint density at radius 2 is 1.97 bits per heavy atom. The number of benzene rings is 1. The molecule has 0 N–H and O–H groups in total. The molecule has 2 aliphatic rings. The van der Waals surface area contributed by atoms with E-state index in [1.54, 1.807) is 25.9 Å². The number of hydrogen-bond donors (Lipinski definition) is 0. The average molecular weight is 437 g/mol. The second-order valence-corrected chi connectivity index (χ2v) is 9.23. The van der Waals surface area contributed by atoms with Gasteiger partial charge < -0.3 is 9.64 Å². The number of nitrogens with zero attached hydrogens (tertiary/aromatic N) is 4. The van der Waals surface area contributed by atoms with Gasteiger partial charge in [-0.1, -0.05) is 30.3 Å². The van der Waals surface area contributed by atoms with E-state index in [0.29, 0.717) is 26.1 Å². The molecular weight excluding hydrogens is 404 g/mol. The molecular formula is C25H32N4O3. The number of methoxy groups -OCH3 is 1. The van der Waals surface area contributed by atoms with Gasteiger partial charge in [-0.25, -0.2) is 9.97 Å². The predicted molar refractivity (Wildman–Crippen MR) is 123 cm³/mol. The summed E-state index contributed by atoms with van der Waals surface area (Å²) in [6.45, 7) is 7.44. The highest BCUT2D eigenvalue weighted by Gasteiger charge is 2.37. The summed E-state index contributed by atoms with van der Waals surface area (Å²) in [4.78, 5) is 39.0. The number of aromatic nitrogens is 2. The van der Waals surface area contributed by atoms with Gasteiger partial charge in [0.15, 0.2) is 0 Å². The summed E-state index contributed by atoms with van der Waals surface area (Å²) in [5.74, 6) is 1.59. The van der Waals surface area contributed by atoms with Crippen LogP contribution < -0.4 is 4.90 Å². The molecule has 1 aromatic heterocycles. The fourth-order valence-corrected chi connectivity index (χ4v) is 4.54. The molecule has 0 unspecified atom stereocenters. The summed E-state index contributed by atoms with van der Waals surface area (Å²) in [6, 6.07) is 10.2. The van der Waals surface area contributed by atoms with Gasteiger partial charge in [0.1, 0.15) is 17.2 Å². The highest BCUT2D eigenvalue weighted by Crippen LogP contribution is 2.33. The van der Waals surface area contributed by atoms with E-state index < -0.39 is 5.60 Å². The van der Waals surface area contributed by atoms with Gasteiger partial charge in [-0.2, -0.15) is 0 Å². The van der Waals surface area contributed by atoms with Crippen molar-refractivity contribution in [3.63, 3.8) is 0 Å². The number of carbonyl (C=O) groups is 2.